The van der Waals surface area contributed by atoms with Crippen molar-refractivity contribution in [1.29, 1.82) is 0 Å². The molecule has 0 N–H and O–H groups in total. The van der Waals surface area contributed by atoms with E-state index in [0.717, 1.165) is 24.2 Å². The molecule has 0 fully saturated rings. The molecule has 0 atom stereocenters. The highest BCUT2D eigenvalue weighted by Crippen LogP contribution is 2.19. The number of nitrogens with zero attached hydrogens (tertiary/aromatic N) is 2. The van der Waals surface area contributed by atoms with E-state index in [9.17, 15) is 0 Å². The van der Waals surface area contributed by atoms with Crippen LogP contribution in [0.25, 0.3) is 5.57 Å². The summed E-state index contributed by atoms with van der Waals surface area (Å²) in [6.45, 7) is 5.98. The van der Waals surface area contributed by atoms with Crippen molar-refractivity contribution in [2.45, 2.75) is 33.6 Å². The van der Waals surface area contributed by atoms with Gasteiger partial charge in [0.15, 0.2) is 0 Å². The largest absolute Gasteiger partial charge is 0.242 e. The van der Waals surface area contributed by atoms with Crippen molar-refractivity contribution < 1.29 is 0 Å². The lowest BCUT2D eigenvalue weighted by Gasteiger charge is -2.05. The second kappa shape index (κ2) is 6.12. The molecule has 1 heterocycles. The highest BCUT2D eigenvalue weighted by Gasteiger charge is 2.02. The Morgan fingerprint density at radius 2 is 1.93 bits per heavy atom. The molecule has 1 aromatic heterocycles. The second-order valence-electron chi connectivity index (χ2n) is 3.18. The molecule has 0 unspecified atom stereocenters. The van der Waals surface area contributed by atoms with Crippen LogP contribution in [0.3, 0.4) is 0 Å². The molecule has 0 saturated carbocycles. The van der Waals surface area contributed by atoms with E-state index >= 15 is 0 Å². The summed E-state index contributed by atoms with van der Waals surface area (Å²) in [5.41, 5.74) is 3.27. The lowest BCUT2D eigenvalue weighted by molar-refractivity contribution is 1.03. The maximum absolute atomic E-state index is 4.23. The van der Waals surface area contributed by atoms with Gasteiger partial charge in [-0.2, -0.15) is 0 Å². The van der Waals surface area contributed by atoms with E-state index in [0.29, 0.717) is 0 Å². The zero-order valence-electron chi connectivity index (χ0n) is 9.70. The minimum atomic E-state index is 1.02. The standard InChI is InChI=1S/C11H12N2.C2H6/c1-9-7-11(13-8-12-9)10-5-3-2-4-6-10;1-2/h3,5-8H,2,4H2,1H3;1-2H3. The lowest BCUT2D eigenvalue weighted by Crippen LogP contribution is -1.92. The average Bonchev–Trinajstić information content (AvgIpc) is 2.33. The van der Waals surface area contributed by atoms with Crippen molar-refractivity contribution in [3.8, 4) is 0 Å². The molecule has 80 valence electrons. The molecule has 0 amide bonds. The Morgan fingerprint density at radius 3 is 2.53 bits per heavy atom. The summed E-state index contributed by atoms with van der Waals surface area (Å²) in [6.07, 6.45) is 10.4. The summed E-state index contributed by atoms with van der Waals surface area (Å²) >= 11 is 0. The number of aromatic nitrogens is 2. The Balaban J connectivity index is 0.000000531. The van der Waals surface area contributed by atoms with Gasteiger partial charge in [-0.25, -0.2) is 9.97 Å². The summed E-state index contributed by atoms with van der Waals surface area (Å²) in [4.78, 5) is 8.30. The molecule has 2 rings (SSSR count). The normalized spacial score (nSPS) is 13.9. The Kier molecular flexibility index (Phi) is 4.75. The topological polar surface area (TPSA) is 25.8 Å². The van der Waals surface area contributed by atoms with Gasteiger partial charge < -0.3 is 0 Å². The van der Waals surface area contributed by atoms with Gasteiger partial charge in [0, 0.05) is 5.69 Å². The van der Waals surface area contributed by atoms with Crippen molar-refractivity contribution >= 4 is 5.57 Å². The van der Waals surface area contributed by atoms with Crippen LogP contribution in [0.4, 0.5) is 0 Å². The van der Waals surface area contributed by atoms with Gasteiger partial charge >= 0.3 is 0 Å². The third kappa shape index (κ3) is 3.31. The van der Waals surface area contributed by atoms with Crippen LogP contribution in [0.5, 0.6) is 0 Å². The maximum Gasteiger partial charge on any atom is 0.116 e. The third-order valence-corrected chi connectivity index (χ3v) is 2.09. The molecule has 1 aromatic rings. The highest BCUT2D eigenvalue weighted by atomic mass is 14.8. The van der Waals surface area contributed by atoms with E-state index in [-0.39, 0.29) is 0 Å². The molecule has 0 aliphatic heterocycles. The second-order valence-corrected chi connectivity index (χ2v) is 3.18. The van der Waals surface area contributed by atoms with Crippen LogP contribution in [0, 0.1) is 6.92 Å². The fourth-order valence-corrected chi connectivity index (χ4v) is 1.42. The Hall–Kier alpha value is -1.44. The van der Waals surface area contributed by atoms with Crippen molar-refractivity contribution in [3.05, 3.63) is 42.0 Å². The van der Waals surface area contributed by atoms with Gasteiger partial charge in [-0.1, -0.05) is 32.1 Å². The van der Waals surface area contributed by atoms with Crippen LogP contribution in [0.2, 0.25) is 0 Å². The van der Waals surface area contributed by atoms with Crippen molar-refractivity contribution in [2.24, 2.45) is 0 Å². The molecule has 2 nitrogen and oxygen atoms in total. The summed E-state index contributed by atoms with van der Waals surface area (Å²) in [5, 5.41) is 0. The smallest absolute Gasteiger partial charge is 0.116 e. The molecular weight excluding hydrogens is 184 g/mol. The van der Waals surface area contributed by atoms with E-state index < -0.39 is 0 Å². The molecular formula is C13H18N2. The van der Waals surface area contributed by atoms with E-state index in [1.807, 2.05) is 26.8 Å². The minimum absolute atomic E-state index is 1.02. The fourth-order valence-electron chi connectivity index (χ4n) is 1.42. The Bertz CT molecular complexity index is 365. The molecule has 15 heavy (non-hydrogen) atoms. The quantitative estimate of drug-likeness (QED) is 0.696. The number of allylic oxidation sites excluding steroid dienone is 4. The molecule has 0 spiro atoms. The summed E-state index contributed by atoms with van der Waals surface area (Å²) in [5.74, 6) is 0. The third-order valence-electron chi connectivity index (χ3n) is 2.09. The van der Waals surface area contributed by atoms with Gasteiger partial charge in [-0.05, 0) is 31.4 Å². The van der Waals surface area contributed by atoms with E-state index in [2.05, 4.69) is 28.2 Å². The lowest BCUT2D eigenvalue weighted by atomic mass is 10.0. The molecule has 0 aromatic carbocycles. The average molecular weight is 202 g/mol. The number of aryl methyl sites for hydroxylation is 1. The minimum Gasteiger partial charge on any atom is -0.242 e. The van der Waals surface area contributed by atoms with E-state index in [4.69, 9.17) is 0 Å². The number of hydrogen-bond acceptors (Lipinski definition) is 2. The monoisotopic (exact) mass is 202 g/mol. The van der Waals surface area contributed by atoms with Gasteiger partial charge in [0.05, 0.1) is 5.69 Å². The maximum atomic E-state index is 4.23. The molecule has 0 bridgehead atoms. The van der Waals surface area contributed by atoms with Crippen molar-refractivity contribution in [3.63, 3.8) is 0 Å². The SMILES string of the molecule is CC.Cc1cc(C2=CCCC=C2)ncn1. The van der Waals surface area contributed by atoms with E-state index in [1.165, 1.54) is 5.57 Å². The van der Waals surface area contributed by atoms with Gasteiger partial charge in [0.25, 0.3) is 0 Å². The first-order valence-corrected chi connectivity index (χ1v) is 5.52. The molecule has 2 heteroatoms. The zero-order chi connectivity index (χ0) is 11.1. The molecule has 1 aliphatic carbocycles. The fraction of sp³-hybridized carbons (Fsp3) is 0.385. The summed E-state index contributed by atoms with van der Waals surface area (Å²) in [6, 6.07) is 2.02. The van der Waals surface area contributed by atoms with Gasteiger partial charge in [0.1, 0.15) is 6.33 Å². The van der Waals surface area contributed by atoms with Crippen LogP contribution in [-0.4, -0.2) is 9.97 Å². The van der Waals surface area contributed by atoms with Crippen molar-refractivity contribution in [1.82, 2.24) is 9.97 Å². The molecule has 1 aliphatic rings. The zero-order valence-corrected chi connectivity index (χ0v) is 9.70. The number of hydrogen-bond donors (Lipinski definition) is 0. The van der Waals surface area contributed by atoms with Crippen LogP contribution in [0.15, 0.2) is 30.6 Å². The van der Waals surface area contributed by atoms with Crippen molar-refractivity contribution in [2.75, 3.05) is 0 Å². The first-order chi connectivity index (χ1) is 7.36. The van der Waals surface area contributed by atoms with Gasteiger partial charge in [0.2, 0.25) is 0 Å². The van der Waals surface area contributed by atoms with E-state index in [1.54, 1.807) is 6.33 Å². The first-order valence-electron chi connectivity index (χ1n) is 5.52. The Morgan fingerprint density at radius 1 is 1.13 bits per heavy atom. The molecule has 0 radical (unpaired) electrons. The van der Waals surface area contributed by atoms with Crippen LogP contribution < -0.4 is 0 Å². The van der Waals surface area contributed by atoms with Crippen LogP contribution in [0.1, 0.15) is 38.1 Å². The van der Waals surface area contributed by atoms with Gasteiger partial charge in [-0.15, -0.1) is 0 Å². The van der Waals surface area contributed by atoms with Gasteiger partial charge in [-0.3, -0.25) is 0 Å². The number of rotatable bonds is 1. The predicted octanol–water partition coefficient (Wildman–Crippen LogP) is 3.54. The Labute approximate surface area is 91.8 Å². The summed E-state index contributed by atoms with van der Waals surface area (Å²) < 4.78 is 0. The molecule has 0 saturated heterocycles. The van der Waals surface area contributed by atoms with Crippen LogP contribution in [-0.2, 0) is 0 Å². The highest BCUT2D eigenvalue weighted by molar-refractivity contribution is 5.72. The van der Waals surface area contributed by atoms with Crippen LogP contribution >= 0.6 is 0 Å². The summed E-state index contributed by atoms with van der Waals surface area (Å²) in [7, 11) is 0. The predicted molar refractivity (Wildman–Crippen MR) is 64.5 cm³/mol. The first kappa shape index (κ1) is 11.6.